The Morgan fingerprint density at radius 2 is 1.08 bits per heavy atom. The zero-order valence-corrected chi connectivity index (χ0v) is 65.0. The number of fused-ring (bicyclic) bond motifs is 2. The van der Waals surface area contributed by atoms with Crippen molar-refractivity contribution in [2.75, 3.05) is 84.9 Å². The molecule has 0 saturated carbocycles. The summed E-state index contributed by atoms with van der Waals surface area (Å²) in [5.41, 5.74) is 9.37. The lowest BCUT2D eigenvalue weighted by Gasteiger charge is -2.23. The number of rotatable bonds is 32. The summed E-state index contributed by atoms with van der Waals surface area (Å²) in [6, 6.07) is 3.27. The Morgan fingerprint density at radius 1 is 0.610 bits per heavy atom. The van der Waals surface area contributed by atoms with Crippen molar-refractivity contribution >= 4 is 50.0 Å². The largest absolute Gasteiger partial charge is 0.513 e. The summed E-state index contributed by atoms with van der Waals surface area (Å²) in [5.74, 6) is -1.30. The molecule has 0 saturated heterocycles. The molecule has 3 rings (SSSR count). The quantitative estimate of drug-likeness (QED) is 0.0119. The van der Waals surface area contributed by atoms with E-state index >= 15 is 0 Å². The van der Waals surface area contributed by atoms with Gasteiger partial charge in [0, 0.05) is 65.1 Å². The van der Waals surface area contributed by atoms with Gasteiger partial charge in [0.05, 0.1) is 29.1 Å². The standard InChI is InChI=1S/C20H27N5O2.C12H25NO.C10H22N2O2.C10H20O3.C9H20NO4P.C8H18NO4P.3CH4/c1-12-10-14-15(11-13(12)2)25(9-8-21-7-6-20(3,4)5)17-16(22-14)18(26)24-19(27)23-17;1-11(14)7-6-9-13(5)10-8-12(2,3)4;1-10(2,3)5-7-12-6-4-8(11)9(13)14;1-10(2,3)6-8-13-7-4-5-9(11)12;1-9(2,3)7-8(11)10-5-4-6-15(12,13)14;1-8(2,3)6-7(10)9-4-5-14(11,12)13;;;/h10-11,21H,6-9H2,1-5H3,(H,24,26,27);14H,1,6-10H2,2-5H3;8,12H,4-7,11H2,1-3H3,(H,13,14);4-8H2,1-3H3,(H,11,12);4-7H2,1-3H3,(H,10,11)(H2,12,13,14);4-6H2,1-3H3,(H,9,10)(H2,11,12,13);3*1H4/t;;8-;;;;;;/m..1....../s1. The molecule has 0 fully saturated rings. The zero-order valence-electron chi connectivity index (χ0n) is 63.2. The number of amides is 2. The van der Waals surface area contributed by atoms with E-state index in [0.29, 0.717) is 92.7 Å². The smallest absolute Gasteiger partial charge is 0.349 e. The van der Waals surface area contributed by atoms with Crippen LogP contribution < -0.4 is 38.2 Å². The number of aliphatic hydroxyl groups excluding tert-OH is 1. The highest BCUT2D eigenvalue weighted by Crippen LogP contribution is 2.35. The molecule has 1 aromatic rings. The molecule has 0 aliphatic carbocycles. The van der Waals surface area contributed by atoms with Crippen LogP contribution in [0.2, 0.25) is 0 Å². The summed E-state index contributed by atoms with van der Waals surface area (Å²) < 4.78 is 28.1. The third kappa shape index (κ3) is 67.5. The Balaban J connectivity index is -0.000000271. The van der Waals surface area contributed by atoms with E-state index in [1.54, 1.807) is 0 Å². The van der Waals surface area contributed by atoms with E-state index in [9.17, 15) is 37.9 Å². The fraction of sp³-hybridized carbons (Fsp3) is 0.778. The van der Waals surface area contributed by atoms with Gasteiger partial charge in [0.25, 0.3) is 5.56 Å². The molecule has 2 aliphatic rings. The molecule has 28 heteroatoms. The maximum Gasteiger partial charge on any atom is 0.349 e. The molecule has 26 nitrogen and oxygen atoms in total. The van der Waals surface area contributed by atoms with E-state index < -0.39 is 44.4 Å². The van der Waals surface area contributed by atoms with Crippen LogP contribution in [-0.4, -0.2) is 174 Å². The molecule has 2 heterocycles. The predicted molar refractivity (Wildman–Crippen MR) is 412 cm³/mol. The normalized spacial score (nSPS) is 12.1. The summed E-state index contributed by atoms with van der Waals surface area (Å²) >= 11 is 0. The van der Waals surface area contributed by atoms with Gasteiger partial charge in [0.1, 0.15) is 6.04 Å². The maximum atomic E-state index is 12.2. The number of aryl methyl sites for hydroxylation is 2. The average Bonchev–Trinajstić information content (AvgIpc) is 0.758. The first-order valence-corrected chi connectivity index (χ1v) is 37.3. The minimum Gasteiger partial charge on any atom is -0.513 e. The number of aliphatic carboxylic acids is 2. The van der Waals surface area contributed by atoms with Crippen LogP contribution in [0.3, 0.4) is 0 Å². The van der Waals surface area contributed by atoms with Crippen LogP contribution in [0, 0.1) is 46.3 Å². The number of carboxylic acids is 2. The predicted octanol–water partition coefficient (Wildman–Crippen LogP) is 12.3. The number of nitrogens with one attached hydrogen (secondary N) is 5. The van der Waals surface area contributed by atoms with Gasteiger partial charge in [-0.25, -0.2) is 9.78 Å². The molecule has 0 bridgehead atoms. The minimum atomic E-state index is -3.99. The van der Waals surface area contributed by atoms with Gasteiger partial charge >= 0.3 is 32.8 Å². The van der Waals surface area contributed by atoms with Crippen molar-refractivity contribution in [2.24, 2.45) is 38.2 Å². The van der Waals surface area contributed by atoms with Crippen molar-refractivity contribution in [1.82, 2.24) is 45.7 Å². The summed E-state index contributed by atoms with van der Waals surface area (Å²) in [7, 11) is -5.77. The summed E-state index contributed by atoms with van der Waals surface area (Å²) in [6.45, 7) is 53.2. The van der Waals surface area contributed by atoms with E-state index in [0.717, 1.165) is 87.1 Å². The minimum absolute atomic E-state index is 0. The Hall–Kier alpha value is -4.98. The van der Waals surface area contributed by atoms with Crippen molar-refractivity contribution in [3.63, 3.8) is 0 Å². The van der Waals surface area contributed by atoms with Gasteiger partial charge in [0.15, 0.2) is 11.5 Å². The highest BCUT2D eigenvalue weighted by molar-refractivity contribution is 7.52. The number of H-pyrrole nitrogens is 1. The summed E-state index contributed by atoms with van der Waals surface area (Å²) in [6.07, 6.45) is 7.99. The molecule has 0 spiro atoms. The fourth-order valence-corrected chi connectivity index (χ4v) is 8.94. The number of benzene rings is 1. The number of aliphatic hydroxyl groups is 1. The Morgan fingerprint density at radius 3 is 1.52 bits per heavy atom. The molecular weight excluding hydrogens is 1320 g/mol. The van der Waals surface area contributed by atoms with Crippen LogP contribution in [0.15, 0.2) is 34.1 Å². The Labute approximate surface area is 602 Å². The number of ether oxygens (including phenoxy) is 1. The first kappa shape index (κ1) is 106. The van der Waals surface area contributed by atoms with E-state index in [2.05, 4.69) is 138 Å². The van der Waals surface area contributed by atoms with Crippen LogP contribution >= 0.6 is 15.2 Å². The molecule has 0 radical (unpaired) electrons. The SMILES string of the molecule is C.C.C.C=C(O)CCCN(C)CCC(C)(C)C.CC(C)(C)CC(=O)NCCCP(=O)(O)O.CC(C)(C)CC(=O)NCCP(=O)(O)O.CC(C)(C)CCNCC[C@@H](N)C(=O)O.CC(C)(C)CCOCCCC(=O)O.Cc1cc2nc3c(=O)[nH]c(=O)nc-3n(CCNCCC(C)(C)C)c2cc1C. The van der Waals surface area contributed by atoms with E-state index in [1.807, 2.05) is 72.1 Å². The lowest BCUT2D eigenvalue weighted by molar-refractivity contribution is -0.139. The van der Waals surface area contributed by atoms with Crippen LogP contribution in [-0.2, 0) is 39.6 Å². The Kier molecular flexibility index (Phi) is 54.3. The fourth-order valence-electron chi connectivity index (χ4n) is 7.96. The third-order valence-corrected chi connectivity index (χ3v) is 15.5. The average molecular weight is 1470 g/mol. The zero-order chi connectivity index (χ0) is 76.0. The van der Waals surface area contributed by atoms with E-state index in [4.69, 9.17) is 45.4 Å². The molecule has 0 unspecified atom stereocenters. The van der Waals surface area contributed by atoms with Crippen molar-refractivity contribution in [1.29, 1.82) is 0 Å². The van der Waals surface area contributed by atoms with Crippen molar-refractivity contribution in [2.45, 2.75) is 250 Å². The van der Waals surface area contributed by atoms with Crippen molar-refractivity contribution in [3.8, 4) is 11.5 Å². The van der Waals surface area contributed by atoms with Crippen molar-refractivity contribution in [3.05, 3.63) is 56.4 Å². The molecule has 100 heavy (non-hydrogen) atoms. The van der Waals surface area contributed by atoms with E-state index in [1.165, 1.54) is 6.42 Å². The number of hydrogen-bond acceptors (Lipinski definition) is 16. The molecule has 14 N–H and O–H groups in total. The number of carbonyl (C=O) groups excluding carboxylic acids is 2. The van der Waals surface area contributed by atoms with Crippen LogP contribution in [0.5, 0.6) is 0 Å². The number of aromatic amines is 1. The van der Waals surface area contributed by atoms with Crippen LogP contribution in [0.25, 0.3) is 22.6 Å². The molecule has 588 valence electrons. The molecule has 1 atom stereocenters. The van der Waals surface area contributed by atoms with E-state index in [-0.39, 0.29) is 81.3 Å². The monoisotopic (exact) mass is 1470 g/mol. The second-order valence-corrected chi connectivity index (χ2v) is 35.6. The number of carbonyl (C=O) groups is 4. The summed E-state index contributed by atoms with van der Waals surface area (Å²) in [5, 5.41) is 37.5. The maximum absolute atomic E-state index is 12.2. The highest BCUT2D eigenvalue weighted by Gasteiger charge is 2.22. The van der Waals surface area contributed by atoms with Gasteiger partial charge in [-0.3, -0.25) is 38.1 Å². The van der Waals surface area contributed by atoms with Gasteiger partial charge in [-0.1, -0.05) is 153 Å². The van der Waals surface area contributed by atoms with Crippen LogP contribution in [0.4, 0.5) is 0 Å². The molecule has 1 aromatic carbocycles. The number of allylic oxidation sites excluding steroid dienone is 1. The molecule has 2 aliphatic heterocycles. The Bertz CT molecular complexity index is 2960. The molecular formula is C72H144N10O16P2. The van der Waals surface area contributed by atoms with Gasteiger partial charge in [-0.2, -0.15) is 4.98 Å². The van der Waals surface area contributed by atoms with Gasteiger partial charge in [-0.15, -0.1) is 0 Å². The number of aromatic nitrogens is 4. The highest BCUT2D eigenvalue weighted by atomic mass is 31.2. The first-order chi connectivity index (χ1) is 43.9. The second-order valence-electron chi connectivity index (χ2n) is 32.1. The molecule has 0 aromatic heterocycles. The molecule has 2 amide bonds. The van der Waals surface area contributed by atoms with Gasteiger partial charge in [-0.05, 0) is 161 Å². The summed E-state index contributed by atoms with van der Waals surface area (Å²) in [4.78, 5) is 114. The lowest BCUT2D eigenvalue weighted by Crippen LogP contribution is -2.34. The lowest BCUT2D eigenvalue weighted by atomic mass is 9.92. The topological polar surface area (TPSA) is 411 Å². The number of hydrogen-bond donors (Lipinski definition) is 13. The second kappa shape index (κ2) is 51.2. The number of nitrogens with zero attached hydrogens (tertiary/aromatic N) is 4. The van der Waals surface area contributed by atoms with Crippen molar-refractivity contribution < 1.29 is 67.9 Å². The number of carboxylic acid groups (broad SMARTS) is 2. The van der Waals surface area contributed by atoms with Gasteiger partial charge < -0.3 is 76.1 Å². The van der Waals surface area contributed by atoms with Crippen LogP contribution in [0.1, 0.15) is 235 Å². The van der Waals surface area contributed by atoms with Gasteiger partial charge in [0.2, 0.25) is 11.8 Å². The first-order valence-electron chi connectivity index (χ1n) is 33.7. The number of nitrogens with two attached hydrogens (primary N) is 1. The third-order valence-electron chi connectivity index (χ3n) is 13.8.